The van der Waals surface area contributed by atoms with E-state index in [-0.39, 0.29) is 11.8 Å². The fourth-order valence-corrected chi connectivity index (χ4v) is 1.58. The molecule has 1 aromatic heterocycles. The van der Waals surface area contributed by atoms with Crippen molar-refractivity contribution < 1.29 is 5.21 Å². The molecule has 3 N–H and O–H groups in total. The Morgan fingerprint density at radius 1 is 1.64 bits per heavy atom. The van der Waals surface area contributed by atoms with E-state index in [4.69, 9.17) is 10.9 Å². The molecule has 5 nitrogen and oxygen atoms in total. The van der Waals surface area contributed by atoms with Gasteiger partial charge in [-0.3, -0.25) is 0 Å². The summed E-state index contributed by atoms with van der Waals surface area (Å²) >= 11 is 1.48. The van der Waals surface area contributed by atoms with E-state index in [1.807, 2.05) is 6.92 Å². The maximum atomic E-state index is 8.42. The third-order valence-corrected chi connectivity index (χ3v) is 2.76. The number of nitrogens with two attached hydrogens (primary N) is 1. The minimum Gasteiger partial charge on any atom is -0.409 e. The van der Waals surface area contributed by atoms with Gasteiger partial charge in [0.25, 0.3) is 0 Å². The van der Waals surface area contributed by atoms with Crippen LogP contribution in [0.2, 0.25) is 0 Å². The fraction of sp³-hybridized carbons (Fsp3) is 0.375. The second-order valence-electron chi connectivity index (χ2n) is 2.77. The molecule has 76 valence electrons. The first kappa shape index (κ1) is 10.8. The largest absolute Gasteiger partial charge is 0.409 e. The Kier molecular flexibility index (Phi) is 4.18. The number of thioether (sulfide) groups is 1. The monoisotopic (exact) mass is 212 g/mol. The summed E-state index contributed by atoms with van der Waals surface area (Å²) in [7, 11) is 0. The Morgan fingerprint density at radius 2 is 2.29 bits per heavy atom. The van der Waals surface area contributed by atoms with Crippen molar-refractivity contribution in [1.29, 1.82) is 0 Å². The maximum absolute atomic E-state index is 8.42. The van der Waals surface area contributed by atoms with E-state index in [2.05, 4.69) is 15.1 Å². The molecule has 1 atom stereocenters. The normalized spacial score (nSPS) is 13.9. The van der Waals surface area contributed by atoms with E-state index >= 15 is 0 Å². The van der Waals surface area contributed by atoms with Crippen molar-refractivity contribution in [3.8, 4) is 0 Å². The van der Waals surface area contributed by atoms with Crippen LogP contribution in [0, 0.1) is 5.92 Å². The predicted molar refractivity (Wildman–Crippen MR) is 55.3 cm³/mol. The van der Waals surface area contributed by atoms with E-state index in [0.29, 0.717) is 10.9 Å². The predicted octanol–water partition coefficient (Wildman–Crippen LogP) is 0.951. The maximum Gasteiger partial charge on any atom is 0.187 e. The third-order valence-electron chi connectivity index (χ3n) is 1.62. The topological polar surface area (TPSA) is 84.4 Å². The summed E-state index contributed by atoms with van der Waals surface area (Å²) < 4.78 is 0. The van der Waals surface area contributed by atoms with E-state index in [1.165, 1.54) is 11.8 Å². The van der Waals surface area contributed by atoms with E-state index < -0.39 is 0 Å². The number of nitrogens with zero attached hydrogens (tertiary/aromatic N) is 3. The fourth-order valence-electron chi connectivity index (χ4n) is 0.743. The van der Waals surface area contributed by atoms with Crippen LogP contribution >= 0.6 is 11.8 Å². The molecule has 0 spiro atoms. The Hall–Kier alpha value is -1.30. The molecule has 0 aliphatic rings. The summed E-state index contributed by atoms with van der Waals surface area (Å²) in [4.78, 5) is 8.09. The lowest BCUT2D eigenvalue weighted by atomic mass is 10.2. The molecule has 0 saturated carbocycles. The van der Waals surface area contributed by atoms with Crippen LogP contribution in [0.15, 0.2) is 28.8 Å². The molecule has 0 aliphatic heterocycles. The highest BCUT2D eigenvalue weighted by Gasteiger charge is 2.08. The summed E-state index contributed by atoms with van der Waals surface area (Å²) in [5.74, 6) is 0.933. The van der Waals surface area contributed by atoms with Gasteiger partial charge < -0.3 is 10.9 Å². The number of oxime groups is 1. The van der Waals surface area contributed by atoms with Gasteiger partial charge in [-0.2, -0.15) is 0 Å². The molecule has 0 saturated heterocycles. The summed E-state index contributed by atoms with van der Waals surface area (Å²) in [6.07, 6.45) is 3.37. The van der Waals surface area contributed by atoms with E-state index in [0.717, 1.165) is 0 Å². The lowest BCUT2D eigenvalue weighted by Crippen LogP contribution is -2.23. The average molecular weight is 212 g/mol. The highest BCUT2D eigenvalue weighted by Crippen LogP contribution is 2.15. The number of hydrogen-bond acceptors (Lipinski definition) is 5. The molecule has 1 aromatic rings. The van der Waals surface area contributed by atoms with Gasteiger partial charge in [0.15, 0.2) is 5.16 Å². The van der Waals surface area contributed by atoms with E-state index in [1.54, 1.807) is 18.5 Å². The molecule has 1 heterocycles. The van der Waals surface area contributed by atoms with Gasteiger partial charge in [0.2, 0.25) is 0 Å². The van der Waals surface area contributed by atoms with Gasteiger partial charge in [-0.15, -0.1) is 0 Å². The van der Waals surface area contributed by atoms with Crippen LogP contribution in [0.3, 0.4) is 0 Å². The van der Waals surface area contributed by atoms with Crippen LogP contribution in [0.25, 0.3) is 0 Å². The first-order valence-corrected chi connectivity index (χ1v) is 5.10. The van der Waals surface area contributed by atoms with Gasteiger partial charge in [0, 0.05) is 24.1 Å². The molecule has 0 fully saturated rings. The van der Waals surface area contributed by atoms with Crippen molar-refractivity contribution in [2.45, 2.75) is 12.1 Å². The van der Waals surface area contributed by atoms with Gasteiger partial charge in [-0.05, 0) is 6.07 Å². The number of amidine groups is 1. The molecule has 1 rings (SSSR count). The molecule has 0 radical (unpaired) electrons. The standard InChI is InChI=1S/C8H12N4OS/c1-6(7(9)12-13)5-14-8-10-3-2-4-11-8/h2-4,6,13H,5H2,1H3,(H2,9,12). The highest BCUT2D eigenvalue weighted by atomic mass is 32.2. The van der Waals surface area contributed by atoms with Crippen molar-refractivity contribution in [1.82, 2.24) is 9.97 Å². The molecule has 6 heteroatoms. The highest BCUT2D eigenvalue weighted by molar-refractivity contribution is 7.99. The zero-order valence-corrected chi connectivity index (χ0v) is 8.61. The Balaban J connectivity index is 2.42. The first-order valence-electron chi connectivity index (χ1n) is 4.11. The van der Waals surface area contributed by atoms with Crippen molar-refractivity contribution in [3.05, 3.63) is 18.5 Å². The Morgan fingerprint density at radius 3 is 2.86 bits per heavy atom. The second kappa shape index (κ2) is 5.43. The third kappa shape index (κ3) is 3.21. The van der Waals surface area contributed by atoms with Crippen molar-refractivity contribution >= 4 is 17.6 Å². The molecule has 0 bridgehead atoms. The molecule has 0 amide bonds. The zero-order chi connectivity index (χ0) is 10.4. The molecule has 1 unspecified atom stereocenters. The lowest BCUT2D eigenvalue weighted by Gasteiger charge is -2.07. The van der Waals surface area contributed by atoms with Crippen LogP contribution in [-0.2, 0) is 0 Å². The molecule has 0 aliphatic carbocycles. The zero-order valence-electron chi connectivity index (χ0n) is 7.79. The van der Waals surface area contributed by atoms with E-state index in [9.17, 15) is 0 Å². The smallest absolute Gasteiger partial charge is 0.187 e. The van der Waals surface area contributed by atoms with Crippen LogP contribution in [0.5, 0.6) is 0 Å². The molecule has 0 aromatic carbocycles. The average Bonchev–Trinajstić information content (AvgIpc) is 2.26. The van der Waals surface area contributed by atoms with Crippen LogP contribution in [-0.4, -0.2) is 26.8 Å². The lowest BCUT2D eigenvalue weighted by molar-refractivity contribution is 0.315. The van der Waals surface area contributed by atoms with Crippen molar-refractivity contribution in [2.24, 2.45) is 16.8 Å². The molecular formula is C8H12N4OS. The van der Waals surface area contributed by atoms with Gasteiger partial charge in [-0.25, -0.2) is 9.97 Å². The van der Waals surface area contributed by atoms with Crippen LogP contribution < -0.4 is 5.73 Å². The number of rotatable bonds is 4. The van der Waals surface area contributed by atoms with Crippen molar-refractivity contribution in [3.63, 3.8) is 0 Å². The minimum absolute atomic E-state index is 0.00815. The summed E-state index contributed by atoms with van der Waals surface area (Å²) in [5.41, 5.74) is 5.43. The van der Waals surface area contributed by atoms with Crippen LogP contribution in [0.1, 0.15) is 6.92 Å². The quantitative estimate of drug-likeness (QED) is 0.194. The summed E-state index contributed by atoms with van der Waals surface area (Å²) in [6.45, 7) is 1.88. The Labute approximate surface area is 86.4 Å². The second-order valence-corrected chi connectivity index (χ2v) is 3.76. The Bertz CT molecular complexity index is 303. The molecule has 14 heavy (non-hydrogen) atoms. The van der Waals surface area contributed by atoms with Crippen molar-refractivity contribution in [2.75, 3.05) is 5.75 Å². The first-order chi connectivity index (χ1) is 6.74. The van der Waals surface area contributed by atoms with Gasteiger partial charge in [-0.1, -0.05) is 23.8 Å². The van der Waals surface area contributed by atoms with Gasteiger partial charge in [0.05, 0.1) is 0 Å². The van der Waals surface area contributed by atoms with Crippen LogP contribution in [0.4, 0.5) is 0 Å². The SMILES string of the molecule is CC(CSc1ncccn1)/C(N)=N/O. The van der Waals surface area contributed by atoms with Gasteiger partial charge in [0.1, 0.15) is 5.84 Å². The molecular weight excluding hydrogens is 200 g/mol. The minimum atomic E-state index is 0.00815. The summed E-state index contributed by atoms with van der Waals surface area (Å²) in [6, 6.07) is 1.76. The number of hydrogen-bond donors (Lipinski definition) is 2. The summed E-state index contributed by atoms with van der Waals surface area (Å²) in [5, 5.41) is 12.1. The van der Waals surface area contributed by atoms with Gasteiger partial charge >= 0.3 is 0 Å². The number of aromatic nitrogens is 2.